The van der Waals surface area contributed by atoms with E-state index in [0.717, 1.165) is 10.4 Å². The zero-order valence-electron chi connectivity index (χ0n) is 11.4. The molecule has 0 saturated heterocycles. The number of hydrogen-bond donors (Lipinski definition) is 2. The van der Waals surface area contributed by atoms with E-state index in [4.69, 9.17) is 0 Å². The molecule has 2 amide bonds. The van der Waals surface area contributed by atoms with Crippen LogP contribution in [0.15, 0.2) is 52.9 Å². The second kappa shape index (κ2) is 7.35. The first-order valence-corrected chi connectivity index (χ1v) is 7.27. The van der Waals surface area contributed by atoms with Gasteiger partial charge in [0.1, 0.15) is 0 Å². The Labute approximate surface area is 126 Å². The van der Waals surface area contributed by atoms with Gasteiger partial charge in [-0.25, -0.2) is 5.43 Å². The highest BCUT2D eigenvalue weighted by atomic mass is 32.1. The number of hydrogen-bond acceptors (Lipinski definition) is 4. The van der Waals surface area contributed by atoms with E-state index in [2.05, 4.69) is 15.8 Å². The molecule has 2 aromatic rings. The summed E-state index contributed by atoms with van der Waals surface area (Å²) in [6, 6.07) is 12.9. The number of rotatable bonds is 4. The number of nitrogens with one attached hydrogen (secondary N) is 2. The molecule has 2 rings (SSSR count). The standard InChI is InChI=1S/C15H15N3O2S/c1-11(12-6-3-2-4-7-12)17-14(19)15(20)18-16-10-13-8-5-9-21-13/h2-11H,1H3,(H,17,19)(H,18,20)/b16-10+. The molecule has 1 aromatic carbocycles. The Morgan fingerprint density at radius 2 is 1.90 bits per heavy atom. The average molecular weight is 301 g/mol. The molecule has 0 aliphatic rings. The van der Waals surface area contributed by atoms with E-state index in [1.807, 2.05) is 54.8 Å². The van der Waals surface area contributed by atoms with Crippen LogP contribution in [0.1, 0.15) is 23.4 Å². The van der Waals surface area contributed by atoms with Crippen LogP contribution in [0.3, 0.4) is 0 Å². The van der Waals surface area contributed by atoms with Crippen molar-refractivity contribution in [3.05, 3.63) is 58.3 Å². The molecule has 0 saturated carbocycles. The molecular formula is C15H15N3O2S. The third-order valence-electron chi connectivity index (χ3n) is 2.75. The summed E-state index contributed by atoms with van der Waals surface area (Å²) >= 11 is 1.49. The normalized spacial score (nSPS) is 12.0. The molecule has 0 aliphatic carbocycles. The number of carbonyl (C=O) groups excluding carboxylic acids is 2. The van der Waals surface area contributed by atoms with E-state index in [1.165, 1.54) is 17.6 Å². The van der Waals surface area contributed by atoms with Gasteiger partial charge in [-0.2, -0.15) is 5.10 Å². The van der Waals surface area contributed by atoms with Gasteiger partial charge < -0.3 is 5.32 Å². The predicted molar refractivity (Wildman–Crippen MR) is 83.1 cm³/mol. The molecular weight excluding hydrogens is 286 g/mol. The first-order valence-electron chi connectivity index (χ1n) is 6.39. The molecule has 21 heavy (non-hydrogen) atoms. The maximum absolute atomic E-state index is 11.7. The van der Waals surface area contributed by atoms with Gasteiger partial charge in [0.05, 0.1) is 12.3 Å². The molecule has 0 aliphatic heterocycles. The molecule has 1 atom stereocenters. The first-order chi connectivity index (χ1) is 10.2. The average Bonchev–Trinajstić information content (AvgIpc) is 3.01. The molecule has 0 bridgehead atoms. The molecule has 1 aromatic heterocycles. The summed E-state index contributed by atoms with van der Waals surface area (Å²) in [5, 5.41) is 8.26. The number of hydrazone groups is 1. The Morgan fingerprint density at radius 1 is 1.14 bits per heavy atom. The van der Waals surface area contributed by atoms with Gasteiger partial charge in [-0.15, -0.1) is 11.3 Å². The topological polar surface area (TPSA) is 70.6 Å². The van der Waals surface area contributed by atoms with Crippen molar-refractivity contribution < 1.29 is 9.59 Å². The number of benzene rings is 1. The lowest BCUT2D eigenvalue weighted by molar-refractivity contribution is -0.139. The summed E-state index contributed by atoms with van der Waals surface area (Å²) in [4.78, 5) is 24.2. The van der Waals surface area contributed by atoms with E-state index in [1.54, 1.807) is 0 Å². The zero-order valence-corrected chi connectivity index (χ0v) is 12.3. The second-order valence-corrected chi connectivity index (χ2v) is 5.30. The van der Waals surface area contributed by atoms with Gasteiger partial charge in [0.25, 0.3) is 0 Å². The van der Waals surface area contributed by atoms with E-state index in [0.29, 0.717) is 0 Å². The van der Waals surface area contributed by atoms with Crippen molar-refractivity contribution in [2.45, 2.75) is 13.0 Å². The summed E-state index contributed by atoms with van der Waals surface area (Å²) in [6.45, 7) is 1.81. The molecule has 2 N–H and O–H groups in total. The van der Waals surface area contributed by atoms with E-state index >= 15 is 0 Å². The Balaban J connectivity index is 1.84. The van der Waals surface area contributed by atoms with E-state index in [-0.39, 0.29) is 6.04 Å². The van der Waals surface area contributed by atoms with Crippen LogP contribution >= 0.6 is 11.3 Å². The van der Waals surface area contributed by atoms with Crippen LogP contribution in [0, 0.1) is 0 Å². The monoisotopic (exact) mass is 301 g/mol. The Hall–Kier alpha value is -2.47. The molecule has 0 fully saturated rings. The van der Waals surface area contributed by atoms with Crippen molar-refractivity contribution >= 4 is 29.4 Å². The molecule has 5 nitrogen and oxygen atoms in total. The summed E-state index contributed by atoms with van der Waals surface area (Å²) in [5.41, 5.74) is 3.13. The number of carbonyl (C=O) groups is 2. The van der Waals surface area contributed by atoms with Crippen molar-refractivity contribution in [1.29, 1.82) is 0 Å². The quantitative estimate of drug-likeness (QED) is 0.515. The SMILES string of the molecule is CC(NC(=O)C(=O)N/N=C/c1cccs1)c1ccccc1. The molecule has 0 spiro atoms. The van der Waals surface area contributed by atoms with Crippen molar-refractivity contribution in [2.75, 3.05) is 0 Å². The highest BCUT2D eigenvalue weighted by Crippen LogP contribution is 2.10. The highest BCUT2D eigenvalue weighted by Gasteiger charge is 2.16. The van der Waals surface area contributed by atoms with Gasteiger partial charge in [-0.05, 0) is 23.9 Å². The lowest BCUT2D eigenvalue weighted by Crippen LogP contribution is -2.39. The van der Waals surface area contributed by atoms with Crippen LogP contribution in [-0.4, -0.2) is 18.0 Å². The zero-order chi connectivity index (χ0) is 15.1. The van der Waals surface area contributed by atoms with Gasteiger partial charge in [0.2, 0.25) is 0 Å². The summed E-state index contributed by atoms with van der Waals surface area (Å²) in [7, 11) is 0. The van der Waals surface area contributed by atoms with Crippen molar-refractivity contribution in [3.8, 4) is 0 Å². The van der Waals surface area contributed by atoms with Crippen LogP contribution in [0.5, 0.6) is 0 Å². The van der Waals surface area contributed by atoms with Crippen LogP contribution in [0.4, 0.5) is 0 Å². The summed E-state index contributed by atoms with van der Waals surface area (Å²) in [5.74, 6) is -1.50. The van der Waals surface area contributed by atoms with Crippen molar-refractivity contribution in [1.82, 2.24) is 10.7 Å². The minimum Gasteiger partial charge on any atom is -0.341 e. The predicted octanol–water partition coefficient (Wildman–Crippen LogP) is 2.08. The van der Waals surface area contributed by atoms with Gasteiger partial charge in [0.15, 0.2) is 0 Å². The van der Waals surface area contributed by atoms with Gasteiger partial charge in [-0.3, -0.25) is 9.59 Å². The Bertz CT molecular complexity index is 624. The molecule has 1 unspecified atom stereocenters. The van der Waals surface area contributed by atoms with E-state index < -0.39 is 11.8 Å². The van der Waals surface area contributed by atoms with Crippen LogP contribution < -0.4 is 10.7 Å². The minimum atomic E-state index is -0.786. The van der Waals surface area contributed by atoms with Crippen molar-refractivity contribution in [2.24, 2.45) is 5.10 Å². The fourth-order valence-corrected chi connectivity index (χ4v) is 2.24. The molecule has 6 heteroatoms. The third-order valence-corrected chi connectivity index (χ3v) is 3.56. The smallest absolute Gasteiger partial charge is 0.329 e. The van der Waals surface area contributed by atoms with Crippen LogP contribution in [-0.2, 0) is 9.59 Å². The van der Waals surface area contributed by atoms with Gasteiger partial charge >= 0.3 is 11.8 Å². The Kier molecular flexibility index (Phi) is 5.22. The fraction of sp³-hybridized carbons (Fsp3) is 0.133. The van der Waals surface area contributed by atoms with Crippen molar-refractivity contribution in [3.63, 3.8) is 0 Å². The number of thiophene rings is 1. The second-order valence-electron chi connectivity index (χ2n) is 4.32. The van der Waals surface area contributed by atoms with Crippen LogP contribution in [0.25, 0.3) is 0 Å². The fourth-order valence-electron chi connectivity index (χ4n) is 1.66. The maximum atomic E-state index is 11.7. The van der Waals surface area contributed by atoms with Crippen LogP contribution in [0.2, 0.25) is 0 Å². The first kappa shape index (κ1) is 14.9. The maximum Gasteiger partial charge on any atom is 0.329 e. The lowest BCUT2D eigenvalue weighted by atomic mass is 10.1. The van der Waals surface area contributed by atoms with Gasteiger partial charge in [-0.1, -0.05) is 36.4 Å². The lowest BCUT2D eigenvalue weighted by Gasteiger charge is -2.13. The minimum absolute atomic E-state index is 0.245. The van der Waals surface area contributed by atoms with Gasteiger partial charge in [0, 0.05) is 4.88 Å². The molecule has 1 heterocycles. The number of nitrogens with zero attached hydrogens (tertiary/aromatic N) is 1. The highest BCUT2D eigenvalue weighted by molar-refractivity contribution is 7.11. The summed E-state index contributed by atoms with van der Waals surface area (Å²) < 4.78 is 0. The van der Waals surface area contributed by atoms with E-state index in [9.17, 15) is 9.59 Å². The largest absolute Gasteiger partial charge is 0.341 e. The third kappa shape index (κ3) is 4.54. The molecule has 108 valence electrons. The number of amides is 2. The summed E-state index contributed by atoms with van der Waals surface area (Å²) in [6.07, 6.45) is 1.50. The Morgan fingerprint density at radius 3 is 2.57 bits per heavy atom. The molecule has 0 radical (unpaired) electrons.